The highest BCUT2D eigenvalue weighted by Crippen LogP contribution is 2.40. The molecule has 2 aromatic rings. The van der Waals surface area contributed by atoms with E-state index in [2.05, 4.69) is 32.1 Å². The van der Waals surface area contributed by atoms with E-state index < -0.39 is 37.1 Å². The normalized spacial score (nSPS) is 14.9. The number of imidazole rings is 1. The van der Waals surface area contributed by atoms with Crippen molar-refractivity contribution in [2.75, 3.05) is 25.3 Å². The van der Waals surface area contributed by atoms with Gasteiger partial charge in [-0.05, 0) is 40.5 Å². The maximum absolute atomic E-state index is 14.1. The van der Waals surface area contributed by atoms with Crippen LogP contribution in [0.5, 0.6) is 0 Å². The smallest absolute Gasteiger partial charge is 0.326 e. The molecule has 3 atom stereocenters. The monoisotopic (exact) mass is 583 g/mol. The molecule has 0 unspecified atom stereocenters. The number of nitrogens with zero attached hydrogens (tertiary/aromatic N) is 4. The molecule has 2 rings (SSSR count). The summed E-state index contributed by atoms with van der Waals surface area (Å²) in [6.07, 6.45) is 7.66. The molecule has 0 fully saturated rings. The Labute approximate surface area is 236 Å². The van der Waals surface area contributed by atoms with Crippen LogP contribution in [0.3, 0.4) is 0 Å². The molecule has 226 valence electrons. The van der Waals surface area contributed by atoms with Crippen molar-refractivity contribution < 1.29 is 28.4 Å². The van der Waals surface area contributed by atoms with Gasteiger partial charge in [-0.25, -0.2) is 25.1 Å². The average molecular weight is 584 g/mol. The Morgan fingerprint density at radius 1 is 1.05 bits per heavy atom. The van der Waals surface area contributed by atoms with Crippen molar-refractivity contribution in [3.05, 3.63) is 12.7 Å². The summed E-state index contributed by atoms with van der Waals surface area (Å²) < 4.78 is 32.6. The first kappa shape index (κ1) is 33.6. The van der Waals surface area contributed by atoms with Crippen LogP contribution >= 0.6 is 7.44 Å². The Morgan fingerprint density at radius 3 is 2.45 bits per heavy atom. The van der Waals surface area contributed by atoms with E-state index in [1.54, 1.807) is 38.6 Å². The molecule has 0 saturated carbocycles. The predicted octanol–water partition coefficient (Wildman–Crippen LogP) is 3.78. The zero-order valence-corrected chi connectivity index (χ0v) is 25.5. The Kier molecular flexibility index (Phi) is 13.4. The predicted molar refractivity (Wildman–Crippen MR) is 154 cm³/mol. The van der Waals surface area contributed by atoms with Crippen LogP contribution in [0, 0.1) is 0 Å². The van der Waals surface area contributed by atoms with Gasteiger partial charge in [0.2, 0.25) is 7.44 Å². The molecule has 0 aromatic carbocycles. The molecule has 14 heteroatoms. The molecule has 2 heterocycles. The van der Waals surface area contributed by atoms with Crippen LogP contribution in [0.25, 0.3) is 11.2 Å². The number of nitrogens with one attached hydrogen (secondary N) is 2. The lowest BCUT2D eigenvalue weighted by Gasteiger charge is -2.32. The van der Waals surface area contributed by atoms with Crippen molar-refractivity contribution in [2.24, 2.45) is 0 Å². The molecule has 0 aliphatic rings. The third-order valence-electron chi connectivity index (χ3n) is 6.12. The summed E-state index contributed by atoms with van der Waals surface area (Å²) in [4.78, 5) is 37.8. The molecular weight excluding hydrogens is 537 g/mol. The summed E-state index contributed by atoms with van der Waals surface area (Å²) in [5, 5.41) is 5.75. The van der Waals surface area contributed by atoms with Gasteiger partial charge < -0.3 is 24.5 Å². The van der Waals surface area contributed by atoms with E-state index in [0.717, 1.165) is 38.5 Å². The van der Waals surface area contributed by atoms with Crippen molar-refractivity contribution >= 4 is 36.4 Å². The minimum Gasteiger partial charge on any atom is -0.465 e. The number of ether oxygens (including phenoxy) is 3. The second-order valence-corrected chi connectivity index (χ2v) is 12.7. The second kappa shape index (κ2) is 16.0. The fraction of sp³-hybridized carbons (Fsp3) is 0.731. The quantitative estimate of drug-likeness (QED) is 0.124. The Bertz CT molecular complexity index is 1140. The first-order valence-electron chi connectivity index (χ1n) is 14.0. The van der Waals surface area contributed by atoms with E-state index in [0.29, 0.717) is 17.7 Å². The van der Waals surface area contributed by atoms with Gasteiger partial charge in [-0.15, -0.1) is 0 Å². The first-order chi connectivity index (χ1) is 18.9. The van der Waals surface area contributed by atoms with E-state index >= 15 is 0 Å². The zero-order chi connectivity index (χ0) is 29.8. The van der Waals surface area contributed by atoms with Crippen LogP contribution in [-0.4, -0.2) is 68.7 Å². The molecule has 0 radical (unpaired) electrons. The van der Waals surface area contributed by atoms with E-state index in [1.165, 1.54) is 6.33 Å². The third-order valence-corrected chi connectivity index (χ3v) is 8.36. The van der Waals surface area contributed by atoms with Gasteiger partial charge in [-0.1, -0.05) is 39.5 Å². The number of nitrogens with two attached hydrogens (primary N) is 1. The molecule has 0 saturated heterocycles. The highest BCUT2D eigenvalue weighted by molar-refractivity contribution is 7.59. The number of hydrogen-bond donors (Lipinski definition) is 3. The Hall–Kier alpha value is -2.60. The lowest BCUT2D eigenvalue weighted by molar-refractivity contribution is -0.149. The molecule has 2 aromatic heterocycles. The average Bonchev–Trinajstić information content (AvgIpc) is 3.30. The van der Waals surface area contributed by atoms with Gasteiger partial charge in [0.15, 0.2) is 11.5 Å². The third kappa shape index (κ3) is 10.4. The minimum absolute atomic E-state index is 0.273. The number of hydrogen-bond acceptors (Lipinski definition) is 10. The van der Waals surface area contributed by atoms with Gasteiger partial charge in [0.1, 0.15) is 29.8 Å². The van der Waals surface area contributed by atoms with E-state index in [9.17, 15) is 14.2 Å². The number of rotatable bonds is 19. The highest BCUT2D eigenvalue weighted by Gasteiger charge is 2.39. The Balaban J connectivity index is 2.11. The molecule has 0 aliphatic carbocycles. The van der Waals surface area contributed by atoms with Crippen molar-refractivity contribution in [1.82, 2.24) is 29.7 Å². The summed E-state index contributed by atoms with van der Waals surface area (Å²) in [6.45, 7) is 11.5. The number of esters is 2. The molecule has 0 spiro atoms. The number of aromatic nitrogens is 4. The number of fused-ring (bicyclic) bond motifs is 1. The highest BCUT2D eigenvalue weighted by atomic mass is 31.2. The van der Waals surface area contributed by atoms with Crippen molar-refractivity contribution in [3.8, 4) is 0 Å². The van der Waals surface area contributed by atoms with Crippen LogP contribution in [0.15, 0.2) is 12.7 Å². The summed E-state index contributed by atoms with van der Waals surface area (Å²) in [5.41, 5.74) is 5.58. The maximum atomic E-state index is 14.1. The van der Waals surface area contributed by atoms with Gasteiger partial charge in [-0.2, -0.15) is 0 Å². The number of anilines is 1. The molecular formula is C26H46N7O6P. The van der Waals surface area contributed by atoms with E-state index in [1.807, 2.05) is 6.92 Å². The van der Waals surface area contributed by atoms with Crippen LogP contribution in [0.1, 0.15) is 80.1 Å². The van der Waals surface area contributed by atoms with Crippen molar-refractivity contribution in [1.29, 1.82) is 0 Å². The van der Waals surface area contributed by atoms with Crippen molar-refractivity contribution in [2.45, 2.75) is 104 Å². The molecule has 40 heavy (non-hydrogen) atoms. The minimum atomic E-state index is -3.69. The maximum Gasteiger partial charge on any atom is 0.326 e. The van der Waals surface area contributed by atoms with Crippen LogP contribution in [0.4, 0.5) is 5.82 Å². The molecule has 13 nitrogen and oxygen atoms in total. The summed E-state index contributed by atoms with van der Waals surface area (Å²) >= 11 is 0. The molecule has 0 bridgehead atoms. The summed E-state index contributed by atoms with van der Waals surface area (Å²) in [7, 11) is -3.69. The van der Waals surface area contributed by atoms with Crippen LogP contribution in [0.2, 0.25) is 0 Å². The van der Waals surface area contributed by atoms with Gasteiger partial charge in [0, 0.05) is 0 Å². The fourth-order valence-corrected chi connectivity index (χ4v) is 6.27. The number of carbonyl (C=O) groups excluding carboxylic acids is 2. The lowest BCUT2D eigenvalue weighted by Crippen LogP contribution is -2.50. The molecule has 0 amide bonds. The zero-order valence-electron chi connectivity index (χ0n) is 24.6. The topological polar surface area (TPSA) is 173 Å². The van der Waals surface area contributed by atoms with Gasteiger partial charge in [-0.3, -0.25) is 14.2 Å². The lowest BCUT2D eigenvalue weighted by atomic mass is 10.1. The van der Waals surface area contributed by atoms with E-state index in [4.69, 9.17) is 19.9 Å². The van der Waals surface area contributed by atoms with E-state index in [-0.39, 0.29) is 25.4 Å². The van der Waals surface area contributed by atoms with Gasteiger partial charge in [0.25, 0.3) is 0 Å². The SMILES string of the molecule is CCCCCCOC(=O)C(C)(C)N[P@](=O)(CO[C@H](C)Cn1cnc2c(N)ncnc21)N[C@H](C)C(=O)OCCCC. The molecule has 4 N–H and O–H groups in total. The summed E-state index contributed by atoms with van der Waals surface area (Å²) in [6, 6.07) is -0.910. The van der Waals surface area contributed by atoms with Crippen molar-refractivity contribution in [3.63, 3.8) is 0 Å². The first-order valence-corrected chi connectivity index (χ1v) is 15.8. The largest absolute Gasteiger partial charge is 0.465 e. The standard InChI is InChI=1S/C26H46N7O6P/c1-7-9-11-12-14-38-25(35)26(5,6)32-40(36,31-20(4)24(34)37-13-10-8-2)18-39-19(3)15-33-17-30-21-22(27)28-16-29-23(21)33/h16-17,19-20H,7-15,18H2,1-6H3,(H2,27,28,29)(H2,31,32,36)/t19-,20-,40+/m1/s1. The van der Waals surface area contributed by atoms with Gasteiger partial charge in [0.05, 0.1) is 32.2 Å². The molecule has 0 aliphatic heterocycles. The number of carbonyl (C=O) groups is 2. The Morgan fingerprint density at radius 2 is 1.75 bits per heavy atom. The fourth-order valence-electron chi connectivity index (χ4n) is 3.87. The summed E-state index contributed by atoms with van der Waals surface area (Å²) in [5.74, 6) is -0.809. The second-order valence-electron chi connectivity index (χ2n) is 10.5. The van der Waals surface area contributed by atoms with Crippen LogP contribution < -0.4 is 15.9 Å². The van der Waals surface area contributed by atoms with Crippen LogP contribution in [-0.2, 0) is 34.9 Å². The number of nitrogen functional groups attached to an aromatic ring is 1. The van der Waals surface area contributed by atoms with Gasteiger partial charge >= 0.3 is 11.9 Å². The number of unbranched alkanes of at least 4 members (excludes halogenated alkanes) is 4.